The van der Waals surface area contributed by atoms with Crippen molar-refractivity contribution in [3.63, 3.8) is 0 Å². The first-order valence-electron chi connectivity index (χ1n) is 8.33. The summed E-state index contributed by atoms with van der Waals surface area (Å²) in [5.41, 5.74) is 1.59. The van der Waals surface area contributed by atoms with Crippen molar-refractivity contribution in [3.05, 3.63) is 59.7 Å². The summed E-state index contributed by atoms with van der Waals surface area (Å²) >= 11 is 1.07. The Kier molecular flexibility index (Phi) is 5.64. The summed E-state index contributed by atoms with van der Waals surface area (Å²) in [6.07, 6.45) is 1.48. The number of halogens is 3. The Morgan fingerprint density at radius 3 is 2.62 bits per heavy atom. The molecule has 2 heterocycles. The Bertz CT molecular complexity index is 1140. The van der Waals surface area contributed by atoms with Gasteiger partial charge in [0.25, 0.3) is 5.91 Å². The molecule has 0 aliphatic carbocycles. The van der Waals surface area contributed by atoms with E-state index in [-0.39, 0.29) is 5.13 Å². The van der Waals surface area contributed by atoms with E-state index in [1.807, 2.05) is 13.8 Å². The first kappa shape index (κ1) is 20.5. The van der Waals surface area contributed by atoms with Crippen molar-refractivity contribution in [3.8, 4) is 10.6 Å². The number of thiazole rings is 1. The molecule has 1 N–H and O–H groups in total. The summed E-state index contributed by atoms with van der Waals surface area (Å²) in [4.78, 5) is 21.1. The van der Waals surface area contributed by atoms with Gasteiger partial charge in [-0.05, 0) is 32.0 Å². The monoisotopic (exact) mass is 419 g/mol. The third kappa shape index (κ3) is 4.27. The van der Waals surface area contributed by atoms with Crippen LogP contribution in [0.1, 0.15) is 29.9 Å². The predicted molar refractivity (Wildman–Crippen MR) is 106 cm³/mol. The van der Waals surface area contributed by atoms with E-state index in [0.29, 0.717) is 34.1 Å². The van der Waals surface area contributed by atoms with Crippen molar-refractivity contribution in [2.75, 3.05) is 5.32 Å². The van der Waals surface area contributed by atoms with E-state index in [1.165, 1.54) is 6.20 Å². The van der Waals surface area contributed by atoms with Gasteiger partial charge in [0.2, 0.25) is 0 Å². The Morgan fingerprint density at radius 1 is 1.24 bits per heavy atom. The Morgan fingerprint density at radius 2 is 1.93 bits per heavy atom. The number of benzene rings is 1. The van der Waals surface area contributed by atoms with Crippen LogP contribution in [0.2, 0.25) is 0 Å². The minimum absolute atomic E-state index is 0.0945. The van der Waals surface area contributed by atoms with Crippen molar-refractivity contribution < 1.29 is 18.0 Å². The minimum atomic E-state index is -1.55. The molecule has 0 spiro atoms. The number of amides is 1. The SMILES string of the molecule is C=C(N=C(C)C)c1cc(-c2cnc(NC(=O)c3c(F)ccc(F)c3F)s2)n(C)n1. The zero-order valence-electron chi connectivity index (χ0n) is 15.8. The zero-order chi connectivity index (χ0) is 21.3. The van der Waals surface area contributed by atoms with E-state index < -0.39 is 28.9 Å². The minimum Gasteiger partial charge on any atom is -0.298 e. The van der Waals surface area contributed by atoms with E-state index in [0.717, 1.165) is 17.0 Å². The molecule has 3 rings (SSSR count). The van der Waals surface area contributed by atoms with Gasteiger partial charge >= 0.3 is 0 Å². The lowest BCUT2D eigenvalue weighted by Crippen LogP contribution is -2.16. The Labute approximate surface area is 168 Å². The molecule has 2 aromatic heterocycles. The van der Waals surface area contributed by atoms with Crippen LogP contribution in [0.25, 0.3) is 16.3 Å². The number of hydrogen-bond donors (Lipinski definition) is 1. The third-order valence-electron chi connectivity index (χ3n) is 3.78. The maximum atomic E-state index is 13.8. The molecule has 0 fully saturated rings. The van der Waals surface area contributed by atoms with Gasteiger partial charge in [-0.15, -0.1) is 0 Å². The molecule has 150 valence electrons. The molecule has 0 saturated carbocycles. The van der Waals surface area contributed by atoms with Gasteiger partial charge < -0.3 is 0 Å². The molecule has 0 aliphatic rings. The fourth-order valence-corrected chi connectivity index (χ4v) is 3.37. The van der Waals surface area contributed by atoms with Crippen LogP contribution in [0.4, 0.5) is 18.3 Å². The zero-order valence-corrected chi connectivity index (χ0v) is 16.6. The van der Waals surface area contributed by atoms with Gasteiger partial charge in [0.05, 0.1) is 16.3 Å². The highest BCUT2D eigenvalue weighted by Crippen LogP contribution is 2.31. The number of rotatable bonds is 5. The van der Waals surface area contributed by atoms with Crippen molar-refractivity contribution in [2.45, 2.75) is 13.8 Å². The second-order valence-electron chi connectivity index (χ2n) is 6.25. The normalized spacial score (nSPS) is 10.7. The third-order valence-corrected chi connectivity index (χ3v) is 4.72. The number of carbonyl (C=O) groups excluding carboxylic acids is 1. The highest BCUT2D eigenvalue weighted by atomic mass is 32.1. The summed E-state index contributed by atoms with van der Waals surface area (Å²) in [6.45, 7) is 7.57. The molecule has 29 heavy (non-hydrogen) atoms. The molecule has 1 aromatic carbocycles. The molecule has 0 radical (unpaired) electrons. The largest absolute Gasteiger partial charge is 0.298 e. The standard InChI is InChI=1S/C19H16F3N5OS/c1-9(2)24-10(3)13-7-14(27(4)26-13)15-8-23-19(29-15)25-18(28)16-11(20)5-6-12(21)17(16)22/h5-8H,3H2,1-2,4H3,(H,23,25,28). The first-order valence-corrected chi connectivity index (χ1v) is 9.15. The van der Waals surface area contributed by atoms with Gasteiger partial charge in [0.15, 0.2) is 16.8 Å². The fourth-order valence-electron chi connectivity index (χ4n) is 2.51. The lowest BCUT2D eigenvalue weighted by atomic mass is 10.2. The topological polar surface area (TPSA) is 72.2 Å². The molecule has 1 amide bonds. The van der Waals surface area contributed by atoms with E-state index in [1.54, 1.807) is 17.8 Å². The highest BCUT2D eigenvalue weighted by molar-refractivity contribution is 7.19. The van der Waals surface area contributed by atoms with E-state index in [9.17, 15) is 18.0 Å². The van der Waals surface area contributed by atoms with Crippen LogP contribution < -0.4 is 5.32 Å². The number of carbonyl (C=O) groups is 1. The number of aryl methyl sites for hydroxylation is 1. The van der Waals surface area contributed by atoms with Gasteiger partial charge in [-0.25, -0.2) is 18.2 Å². The lowest BCUT2D eigenvalue weighted by Gasteiger charge is -2.05. The average molecular weight is 419 g/mol. The van der Waals surface area contributed by atoms with Crippen molar-refractivity contribution in [2.24, 2.45) is 12.0 Å². The van der Waals surface area contributed by atoms with Crippen molar-refractivity contribution in [1.82, 2.24) is 14.8 Å². The Balaban J connectivity index is 1.85. The van der Waals surface area contributed by atoms with Crippen LogP contribution in [0, 0.1) is 17.5 Å². The molecule has 6 nitrogen and oxygen atoms in total. The molecule has 10 heteroatoms. The molecular formula is C19H16F3N5OS. The fraction of sp³-hybridized carbons (Fsp3) is 0.158. The Hall–Kier alpha value is -3.27. The maximum absolute atomic E-state index is 13.8. The van der Waals surface area contributed by atoms with Gasteiger partial charge in [-0.3, -0.25) is 19.8 Å². The second-order valence-corrected chi connectivity index (χ2v) is 7.28. The molecular weight excluding hydrogens is 403 g/mol. The van der Waals surface area contributed by atoms with E-state index >= 15 is 0 Å². The number of hydrogen-bond acceptors (Lipinski definition) is 5. The van der Waals surface area contributed by atoms with Crippen LogP contribution in [-0.2, 0) is 7.05 Å². The van der Waals surface area contributed by atoms with Crippen LogP contribution in [-0.4, -0.2) is 26.4 Å². The molecule has 0 atom stereocenters. The van der Waals surface area contributed by atoms with Crippen LogP contribution >= 0.6 is 11.3 Å². The number of aliphatic imine (C=N–C) groups is 1. The average Bonchev–Trinajstić information content (AvgIpc) is 3.24. The number of anilines is 1. The number of nitrogens with zero attached hydrogens (tertiary/aromatic N) is 4. The van der Waals surface area contributed by atoms with Crippen molar-refractivity contribution >= 4 is 33.8 Å². The predicted octanol–water partition coefficient (Wildman–Crippen LogP) is 4.66. The van der Waals surface area contributed by atoms with Crippen molar-refractivity contribution in [1.29, 1.82) is 0 Å². The quantitative estimate of drug-likeness (QED) is 0.483. The first-order chi connectivity index (χ1) is 13.7. The summed E-state index contributed by atoms with van der Waals surface area (Å²) < 4.78 is 42.5. The van der Waals surface area contributed by atoms with Crippen LogP contribution in [0.15, 0.2) is 36.0 Å². The maximum Gasteiger partial charge on any atom is 0.263 e. The summed E-state index contributed by atoms with van der Waals surface area (Å²) in [7, 11) is 1.73. The molecule has 0 aliphatic heterocycles. The molecule has 0 saturated heterocycles. The molecule has 3 aromatic rings. The number of nitrogens with one attached hydrogen (secondary N) is 1. The van der Waals surface area contributed by atoms with Gasteiger partial charge in [-0.1, -0.05) is 17.9 Å². The summed E-state index contributed by atoms with van der Waals surface area (Å²) in [6, 6.07) is 3.06. The molecule has 0 unspecified atom stereocenters. The van der Waals surface area contributed by atoms with Crippen LogP contribution in [0.3, 0.4) is 0 Å². The highest BCUT2D eigenvalue weighted by Gasteiger charge is 2.22. The van der Waals surface area contributed by atoms with Gasteiger partial charge in [-0.2, -0.15) is 5.10 Å². The van der Waals surface area contributed by atoms with E-state index in [2.05, 4.69) is 27.0 Å². The summed E-state index contributed by atoms with van der Waals surface area (Å²) in [5, 5.41) is 6.73. The second kappa shape index (κ2) is 8.00. The smallest absolute Gasteiger partial charge is 0.263 e. The number of aromatic nitrogens is 3. The summed E-state index contributed by atoms with van der Waals surface area (Å²) in [5.74, 6) is -5.17. The lowest BCUT2D eigenvalue weighted by molar-refractivity contribution is 0.101. The van der Waals surface area contributed by atoms with Crippen LogP contribution in [0.5, 0.6) is 0 Å². The van der Waals surface area contributed by atoms with E-state index in [4.69, 9.17) is 0 Å². The molecule has 0 bridgehead atoms. The van der Waals surface area contributed by atoms with Gasteiger partial charge in [0.1, 0.15) is 17.1 Å². The van der Waals surface area contributed by atoms with Gasteiger partial charge in [0, 0.05) is 19.0 Å².